The number of hydrogen-bond donors (Lipinski definition) is 0. The van der Waals surface area contributed by atoms with E-state index in [1.807, 2.05) is 0 Å². The van der Waals surface area contributed by atoms with Crippen molar-refractivity contribution in [1.82, 2.24) is 0 Å². The van der Waals surface area contributed by atoms with Gasteiger partial charge in [-0.25, -0.2) is 4.79 Å². The number of halogens is 2. The van der Waals surface area contributed by atoms with Gasteiger partial charge in [0.15, 0.2) is 0 Å². The lowest BCUT2D eigenvalue weighted by molar-refractivity contribution is -0.144. The molecule has 18 heavy (non-hydrogen) atoms. The molecule has 0 saturated carbocycles. The maximum absolute atomic E-state index is 13.5. The topological polar surface area (TPSA) is 52.6 Å². The van der Waals surface area contributed by atoms with Gasteiger partial charge in [0, 0.05) is 0 Å². The molecule has 102 valence electrons. The lowest BCUT2D eigenvalue weighted by Gasteiger charge is -2.15. The third-order valence-electron chi connectivity index (χ3n) is 1.93. The Labute approximate surface area is 104 Å². The largest absolute Gasteiger partial charge is 0.500 e. The summed E-state index contributed by atoms with van der Waals surface area (Å²) in [6.07, 6.45) is 0.692. The molecule has 0 heterocycles. The lowest BCUT2D eigenvalue weighted by Crippen LogP contribution is -2.34. The summed E-state index contributed by atoms with van der Waals surface area (Å²) in [5, 5.41) is 0. The number of ether oxygens (including phenoxy) is 2. The molecule has 0 amide bonds. The minimum absolute atomic E-state index is 0.0335. The molecule has 0 aliphatic rings. The van der Waals surface area contributed by atoms with Crippen molar-refractivity contribution in [3.8, 4) is 0 Å². The van der Waals surface area contributed by atoms with Crippen LogP contribution in [0.15, 0.2) is 24.0 Å². The molecule has 0 aromatic rings. The summed E-state index contributed by atoms with van der Waals surface area (Å²) in [4.78, 5) is 23.0. The van der Waals surface area contributed by atoms with E-state index < -0.39 is 28.8 Å². The van der Waals surface area contributed by atoms with Gasteiger partial charge in [-0.05, 0) is 26.3 Å². The molecule has 0 spiro atoms. The van der Waals surface area contributed by atoms with Gasteiger partial charge in [0.05, 0.1) is 13.2 Å². The van der Waals surface area contributed by atoms with E-state index in [1.54, 1.807) is 6.92 Å². The van der Waals surface area contributed by atoms with Crippen molar-refractivity contribution in [2.24, 2.45) is 0 Å². The number of alkyl halides is 2. The second-order valence-corrected chi connectivity index (χ2v) is 3.39. The van der Waals surface area contributed by atoms with Gasteiger partial charge in [-0.15, -0.1) is 0 Å². The zero-order valence-corrected chi connectivity index (χ0v) is 10.6. The van der Waals surface area contributed by atoms with Gasteiger partial charge in [-0.1, -0.05) is 6.58 Å². The lowest BCUT2D eigenvalue weighted by atomic mass is 10.0. The highest BCUT2D eigenvalue weighted by molar-refractivity contribution is 6.20. The average Bonchev–Trinajstić information content (AvgIpc) is 2.29. The SMILES string of the molecule is C=C(C)C(F)(F)C(=O)/C(=C/OCC)C(=O)OCC. The Morgan fingerprint density at radius 2 is 1.83 bits per heavy atom. The van der Waals surface area contributed by atoms with Crippen LogP contribution in [0.25, 0.3) is 0 Å². The Morgan fingerprint density at radius 3 is 2.22 bits per heavy atom. The first-order valence-electron chi connectivity index (χ1n) is 5.36. The van der Waals surface area contributed by atoms with Crippen LogP contribution >= 0.6 is 0 Å². The highest BCUT2D eigenvalue weighted by Gasteiger charge is 2.44. The summed E-state index contributed by atoms with van der Waals surface area (Å²) < 4.78 is 36.2. The molecule has 4 nitrogen and oxygen atoms in total. The molecule has 0 radical (unpaired) electrons. The molecule has 0 unspecified atom stereocenters. The van der Waals surface area contributed by atoms with E-state index in [2.05, 4.69) is 11.3 Å². The number of rotatable bonds is 7. The highest BCUT2D eigenvalue weighted by atomic mass is 19.3. The molecule has 0 rings (SSSR count). The van der Waals surface area contributed by atoms with E-state index in [-0.39, 0.29) is 13.2 Å². The summed E-state index contributed by atoms with van der Waals surface area (Å²) in [5.41, 5.74) is -1.48. The Morgan fingerprint density at radius 1 is 1.28 bits per heavy atom. The van der Waals surface area contributed by atoms with Gasteiger partial charge in [-0.3, -0.25) is 4.79 Å². The fraction of sp³-hybridized carbons (Fsp3) is 0.500. The van der Waals surface area contributed by atoms with Gasteiger partial charge in [0.2, 0.25) is 5.78 Å². The van der Waals surface area contributed by atoms with Crippen molar-refractivity contribution < 1.29 is 27.8 Å². The Hall–Kier alpha value is -1.72. The number of allylic oxidation sites excluding steroid dienone is 1. The molecular weight excluding hydrogens is 246 g/mol. The molecule has 0 aliphatic heterocycles. The van der Waals surface area contributed by atoms with E-state index in [1.165, 1.54) is 6.92 Å². The summed E-state index contributed by atoms with van der Waals surface area (Å²) in [6.45, 7) is 7.21. The monoisotopic (exact) mass is 262 g/mol. The first-order valence-corrected chi connectivity index (χ1v) is 5.36. The van der Waals surface area contributed by atoms with Crippen molar-refractivity contribution >= 4 is 11.8 Å². The number of ketones is 1. The first kappa shape index (κ1) is 16.3. The maximum atomic E-state index is 13.5. The number of hydrogen-bond acceptors (Lipinski definition) is 4. The zero-order valence-electron chi connectivity index (χ0n) is 10.6. The van der Waals surface area contributed by atoms with E-state index in [0.717, 1.165) is 6.92 Å². The van der Waals surface area contributed by atoms with E-state index in [4.69, 9.17) is 4.74 Å². The van der Waals surface area contributed by atoms with E-state index in [0.29, 0.717) is 6.26 Å². The van der Waals surface area contributed by atoms with Crippen molar-refractivity contribution in [3.63, 3.8) is 0 Å². The Kier molecular flexibility index (Phi) is 6.22. The van der Waals surface area contributed by atoms with Crippen LogP contribution in [-0.2, 0) is 19.1 Å². The fourth-order valence-electron chi connectivity index (χ4n) is 0.933. The predicted molar refractivity (Wildman–Crippen MR) is 61.1 cm³/mol. The van der Waals surface area contributed by atoms with Crippen molar-refractivity contribution in [1.29, 1.82) is 0 Å². The maximum Gasteiger partial charge on any atom is 0.345 e. The quantitative estimate of drug-likeness (QED) is 0.176. The normalized spacial score (nSPS) is 11.9. The number of Topliss-reactive ketones (excluding diaryl/α,β-unsaturated/α-hetero) is 1. The van der Waals surface area contributed by atoms with Crippen LogP contribution < -0.4 is 0 Å². The summed E-state index contributed by atoms with van der Waals surface area (Å²) in [5.74, 6) is -6.64. The van der Waals surface area contributed by atoms with Gasteiger partial charge < -0.3 is 9.47 Å². The van der Waals surface area contributed by atoms with Crippen LogP contribution in [0.5, 0.6) is 0 Å². The fourth-order valence-corrected chi connectivity index (χ4v) is 0.933. The van der Waals surface area contributed by atoms with Crippen LogP contribution in [0.3, 0.4) is 0 Å². The van der Waals surface area contributed by atoms with Crippen LogP contribution in [0.1, 0.15) is 20.8 Å². The van der Waals surface area contributed by atoms with Crippen LogP contribution in [0.2, 0.25) is 0 Å². The molecule has 0 bridgehead atoms. The minimum atomic E-state index is -3.82. The summed E-state index contributed by atoms with van der Waals surface area (Å²) in [6, 6.07) is 0. The first-order chi connectivity index (χ1) is 8.28. The van der Waals surface area contributed by atoms with Crippen LogP contribution in [-0.4, -0.2) is 30.9 Å². The molecule has 0 atom stereocenters. The molecule has 0 aliphatic carbocycles. The molecule has 0 aromatic heterocycles. The number of esters is 1. The zero-order chi connectivity index (χ0) is 14.3. The highest BCUT2D eigenvalue weighted by Crippen LogP contribution is 2.27. The van der Waals surface area contributed by atoms with Gasteiger partial charge >= 0.3 is 11.9 Å². The molecule has 0 aromatic carbocycles. The van der Waals surface area contributed by atoms with E-state index in [9.17, 15) is 18.4 Å². The van der Waals surface area contributed by atoms with E-state index >= 15 is 0 Å². The standard InChI is InChI=1S/C12H16F2O4/c1-5-17-7-9(11(16)18-6-2)10(15)12(13,14)8(3)4/h7H,3,5-6H2,1-2,4H3/b9-7-. The predicted octanol–water partition coefficient (Wildman–Crippen LogP) is 2.25. The van der Waals surface area contributed by atoms with Crippen LogP contribution in [0, 0.1) is 0 Å². The molecule has 0 fully saturated rings. The van der Waals surface area contributed by atoms with Gasteiger partial charge in [0.25, 0.3) is 0 Å². The van der Waals surface area contributed by atoms with Crippen molar-refractivity contribution in [2.75, 3.05) is 13.2 Å². The molecule has 0 N–H and O–H groups in total. The Bertz CT molecular complexity index is 372. The molecule has 6 heteroatoms. The minimum Gasteiger partial charge on any atom is -0.500 e. The van der Waals surface area contributed by atoms with Gasteiger partial charge in [0.1, 0.15) is 11.8 Å². The number of carbonyl (C=O) groups excluding carboxylic acids is 2. The number of carbonyl (C=O) groups is 2. The van der Waals surface area contributed by atoms with Crippen LogP contribution in [0.4, 0.5) is 8.78 Å². The summed E-state index contributed by atoms with van der Waals surface area (Å²) in [7, 11) is 0. The third kappa shape index (κ3) is 3.94. The summed E-state index contributed by atoms with van der Waals surface area (Å²) >= 11 is 0. The third-order valence-corrected chi connectivity index (χ3v) is 1.93. The second-order valence-electron chi connectivity index (χ2n) is 3.39. The molecular formula is C12H16F2O4. The second kappa shape index (κ2) is 6.88. The molecule has 0 saturated heterocycles. The Balaban J connectivity index is 5.28. The van der Waals surface area contributed by atoms with Crippen molar-refractivity contribution in [3.05, 3.63) is 24.0 Å². The average molecular weight is 262 g/mol. The van der Waals surface area contributed by atoms with Crippen molar-refractivity contribution in [2.45, 2.75) is 26.7 Å². The van der Waals surface area contributed by atoms with Gasteiger partial charge in [-0.2, -0.15) is 8.78 Å². The smallest absolute Gasteiger partial charge is 0.345 e.